The molecule has 154 valence electrons. The molecule has 5 rings (SSSR count). The highest BCUT2D eigenvalue weighted by atomic mass is 16.5. The number of aromatic nitrogens is 4. The monoisotopic (exact) mass is 401 g/mol. The Hall–Kier alpha value is -2.99. The molecule has 0 bridgehead atoms. The number of rotatable bonds is 6. The molecular formula is C24H27N5O. The standard InChI is InChI=1S/C24H27N5O/c1-18-25-26-24-22-9-4-3-8-21(22)23(27-29(18)24)19-10-12-20(13-11-19)30-17-7-16-28-14-5-2-6-15-28/h3-4,8-13H,2,5-7,14-17H2,1H3. The van der Waals surface area contributed by atoms with Crippen LogP contribution in [0.4, 0.5) is 0 Å². The molecule has 0 unspecified atom stereocenters. The molecule has 0 aliphatic carbocycles. The molecule has 0 N–H and O–H groups in total. The van der Waals surface area contributed by atoms with Gasteiger partial charge in [0.15, 0.2) is 11.5 Å². The lowest BCUT2D eigenvalue weighted by molar-refractivity contribution is 0.205. The van der Waals surface area contributed by atoms with E-state index in [9.17, 15) is 0 Å². The van der Waals surface area contributed by atoms with Crippen molar-refractivity contribution >= 4 is 16.4 Å². The van der Waals surface area contributed by atoms with Crippen molar-refractivity contribution in [2.24, 2.45) is 0 Å². The molecular weight excluding hydrogens is 374 g/mol. The van der Waals surface area contributed by atoms with E-state index >= 15 is 0 Å². The van der Waals surface area contributed by atoms with Crippen molar-refractivity contribution < 1.29 is 4.74 Å². The number of hydrogen-bond donors (Lipinski definition) is 0. The first-order valence-electron chi connectivity index (χ1n) is 10.9. The fourth-order valence-corrected chi connectivity index (χ4v) is 4.27. The highest BCUT2D eigenvalue weighted by molar-refractivity contribution is 6.01. The van der Waals surface area contributed by atoms with Crippen molar-refractivity contribution in [2.75, 3.05) is 26.2 Å². The van der Waals surface area contributed by atoms with Crippen molar-refractivity contribution in [1.29, 1.82) is 0 Å². The van der Waals surface area contributed by atoms with Crippen LogP contribution < -0.4 is 4.74 Å². The van der Waals surface area contributed by atoms with E-state index in [1.807, 2.05) is 35.7 Å². The highest BCUT2D eigenvalue weighted by Gasteiger charge is 2.13. The normalized spacial score (nSPS) is 15.1. The second-order valence-corrected chi connectivity index (χ2v) is 8.01. The summed E-state index contributed by atoms with van der Waals surface area (Å²) in [6, 6.07) is 16.5. The van der Waals surface area contributed by atoms with Crippen LogP contribution in [0.5, 0.6) is 5.75 Å². The molecule has 3 heterocycles. The van der Waals surface area contributed by atoms with Gasteiger partial charge in [0, 0.05) is 22.9 Å². The molecule has 1 aliphatic heterocycles. The quantitative estimate of drug-likeness (QED) is 0.445. The Balaban J connectivity index is 1.32. The van der Waals surface area contributed by atoms with E-state index in [1.54, 1.807) is 0 Å². The van der Waals surface area contributed by atoms with Gasteiger partial charge in [-0.2, -0.15) is 9.61 Å². The predicted molar refractivity (Wildman–Crippen MR) is 119 cm³/mol. The van der Waals surface area contributed by atoms with Crippen LogP contribution in [0, 0.1) is 6.92 Å². The van der Waals surface area contributed by atoms with Crippen LogP contribution in [0.25, 0.3) is 27.7 Å². The summed E-state index contributed by atoms with van der Waals surface area (Å²) in [6.07, 6.45) is 5.13. The Bertz CT molecular complexity index is 1150. The maximum atomic E-state index is 5.98. The smallest absolute Gasteiger partial charge is 0.185 e. The van der Waals surface area contributed by atoms with Gasteiger partial charge in [0.05, 0.1) is 12.3 Å². The average molecular weight is 402 g/mol. The first kappa shape index (κ1) is 19.0. The van der Waals surface area contributed by atoms with Crippen molar-refractivity contribution in [1.82, 2.24) is 24.7 Å². The number of likely N-dealkylation sites (tertiary alicyclic amines) is 1. The van der Waals surface area contributed by atoms with Crippen LogP contribution in [0.3, 0.4) is 0 Å². The largest absolute Gasteiger partial charge is 0.494 e. The maximum absolute atomic E-state index is 5.98. The Morgan fingerprint density at radius 2 is 1.67 bits per heavy atom. The fourth-order valence-electron chi connectivity index (χ4n) is 4.27. The number of benzene rings is 2. The van der Waals surface area contributed by atoms with Gasteiger partial charge in [-0.1, -0.05) is 30.7 Å². The van der Waals surface area contributed by atoms with E-state index < -0.39 is 0 Å². The minimum absolute atomic E-state index is 0.753. The summed E-state index contributed by atoms with van der Waals surface area (Å²) >= 11 is 0. The SMILES string of the molecule is Cc1nnc2c3ccccc3c(-c3ccc(OCCCN4CCCCC4)cc3)nn12. The molecule has 4 aromatic rings. The average Bonchev–Trinajstić information content (AvgIpc) is 3.18. The number of nitrogens with zero attached hydrogens (tertiary/aromatic N) is 5. The minimum atomic E-state index is 0.753. The zero-order valence-corrected chi connectivity index (χ0v) is 17.4. The molecule has 0 radical (unpaired) electrons. The summed E-state index contributed by atoms with van der Waals surface area (Å²) in [7, 11) is 0. The summed E-state index contributed by atoms with van der Waals surface area (Å²) in [6.45, 7) is 6.29. The number of piperidine rings is 1. The number of fused-ring (bicyclic) bond motifs is 3. The van der Waals surface area contributed by atoms with Crippen molar-refractivity contribution in [3.63, 3.8) is 0 Å². The molecule has 6 heteroatoms. The molecule has 0 saturated carbocycles. The van der Waals surface area contributed by atoms with Gasteiger partial charge in [-0.05, 0) is 63.5 Å². The van der Waals surface area contributed by atoms with Crippen molar-refractivity contribution in [3.8, 4) is 17.0 Å². The van der Waals surface area contributed by atoms with Gasteiger partial charge in [0.25, 0.3) is 0 Å². The molecule has 0 spiro atoms. The number of hydrogen-bond acceptors (Lipinski definition) is 5. The Labute approximate surface area is 176 Å². The molecule has 0 atom stereocenters. The fraction of sp³-hybridized carbons (Fsp3) is 0.375. The van der Waals surface area contributed by atoms with Gasteiger partial charge in [0.1, 0.15) is 5.75 Å². The molecule has 1 aliphatic rings. The molecule has 1 fully saturated rings. The van der Waals surface area contributed by atoms with E-state index in [0.717, 1.165) is 58.8 Å². The highest BCUT2D eigenvalue weighted by Crippen LogP contribution is 2.30. The van der Waals surface area contributed by atoms with Gasteiger partial charge < -0.3 is 9.64 Å². The zero-order chi connectivity index (χ0) is 20.3. The lowest BCUT2D eigenvalue weighted by Crippen LogP contribution is -2.31. The first-order valence-corrected chi connectivity index (χ1v) is 10.9. The number of ether oxygens (including phenoxy) is 1. The van der Waals surface area contributed by atoms with Crippen LogP contribution in [-0.2, 0) is 0 Å². The van der Waals surface area contributed by atoms with E-state index in [2.05, 4.69) is 39.4 Å². The summed E-state index contributed by atoms with van der Waals surface area (Å²) in [5.41, 5.74) is 2.78. The Morgan fingerprint density at radius 1 is 0.900 bits per heavy atom. The molecule has 6 nitrogen and oxygen atoms in total. The van der Waals surface area contributed by atoms with Crippen LogP contribution in [0.2, 0.25) is 0 Å². The summed E-state index contributed by atoms with van der Waals surface area (Å²) in [5.74, 6) is 1.69. The second-order valence-electron chi connectivity index (χ2n) is 8.01. The number of aryl methyl sites for hydroxylation is 1. The van der Waals surface area contributed by atoms with Crippen LogP contribution in [-0.4, -0.2) is 51.0 Å². The van der Waals surface area contributed by atoms with Gasteiger partial charge in [-0.25, -0.2) is 0 Å². The maximum Gasteiger partial charge on any atom is 0.185 e. The van der Waals surface area contributed by atoms with Crippen LogP contribution >= 0.6 is 0 Å². The van der Waals surface area contributed by atoms with Crippen molar-refractivity contribution in [2.45, 2.75) is 32.6 Å². The van der Waals surface area contributed by atoms with Gasteiger partial charge >= 0.3 is 0 Å². The summed E-state index contributed by atoms with van der Waals surface area (Å²) in [4.78, 5) is 2.55. The lowest BCUT2D eigenvalue weighted by Gasteiger charge is -2.26. The molecule has 2 aromatic heterocycles. The zero-order valence-electron chi connectivity index (χ0n) is 17.4. The topological polar surface area (TPSA) is 55.6 Å². The summed E-state index contributed by atoms with van der Waals surface area (Å²) < 4.78 is 7.80. The summed E-state index contributed by atoms with van der Waals surface area (Å²) in [5, 5.41) is 15.5. The third-order valence-corrected chi connectivity index (χ3v) is 5.88. The van der Waals surface area contributed by atoms with Crippen molar-refractivity contribution in [3.05, 3.63) is 54.4 Å². The minimum Gasteiger partial charge on any atom is -0.494 e. The third-order valence-electron chi connectivity index (χ3n) is 5.88. The van der Waals surface area contributed by atoms with Gasteiger partial charge in [-0.15, -0.1) is 10.2 Å². The van der Waals surface area contributed by atoms with E-state index in [0.29, 0.717) is 0 Å². The van der Waals surface area contributed by atoms with E-state index in [-0.39, 0.29) is 0 Å². The Morgan fingerprint density at radius 3 is 2.47 bits per heavy atom. The molecule has 1 saturated heterocycles. The lowest BCUT2D eigenvalue weighted by atomic mass is 10.0. The van der Waals surface area contributed by atoms with Crippen LogP contribution in [0.15, 0.2) is 48.5 Å². The second kappa shape index (κ2) is 8.40. The molecule has 2 aromatic carbocycles. The molecule has 0 amide bonds. The predicted octanol–water partition coefficient (Wildman–Crippen LogP) is 4.51. The van der Waals surface area contributed by atoms with E-state index in [1.165, 1.54) is 32.4 Å². The third kappa shape index (κ3) is 3.75. The van der Waals surface area contributed by atoms with Crippen LogP contribution in [0.1, 0.15) is 31.5 Å². The Kier molecular flexibility index (Phi) is 5.32. The van der Waals surface area contributed by atoms with Gasteiger partial charge in [-0.3, -0.25) is 0 Å². The first-order chi connectivity index (χ1) is 14.8. The van der Waals surface area contributed by atoms with Gasteiger partial charge in [0.2, 0.25) is 0 Å². The van der Waals surface area contributed by atoms with E-state index in [4.69, 9.17) is 9.84 Å². The molecule has 30 heavy (non-hydrogen) atoms.